The Bertz CT molecular complexity index is 709. The number of hydrogen-bond acceptors (Lipinski definition) is 3. The molecule has 0 unspecified atom stereocenters. The van der Waals surface area contributed by atoms with Crippen molar-refractivity contribution >= 4 is 44.9 Å². The van der Waals surface area contributed by atoms with Crippen molar-refractivity contribution in [1.29, 1.82) is 0 Å². The zero-order valence-corrected chi connectivity index (χ0v) is 13.6. The first-order valence-electron chi connectivity index (χ1n) is 6.02. The van der Waals surface area contributed by atoms with Crippen molar-refractivity contribution < 1.29 is 9.18 Å². The van der Waals surface area contributed by atoms with Crippen molar-refractivity contribution in [2.45, 2.75) is 6.92 Å². The number of nitrogens with zero attached hydrogens (tertiary/aromatic N) is 1. The molecule has 1 heterocycles. The van der Waals surface area contributed by atoms with Crippen LogP contribution in [0.15, 0.2) is 28.9 Å². The van der Waals surface area contributed by atoms with Crippen molar-refractivity contribution in [2.24, 2.45) is 0 Å². The minimum absolute atomic E-state index is 0.224. The highest BCUT2D eigenvalue weighted by Crippen LogP contribution is 2.25. The van der Waals surface area contributed by atoms with Crippen LogP contribution in [0.5, 0.6) is 0 Å². The molecule has 2 aromatic rings. The fourth-order valence-electron chi connectivity index (χ4n) is 1.72. The maximum Gasteiger partial charge on any atom is 0.257 e. The van der Waals surface area contributed by atoms with Crippen LogP contribution >= 0.6 is 27.5 Å². The van der Waals surface area contributed by atoms with Crippen molar-refractivity contribution in [3.05, 3.63) is 50.8 Å². The average molecular weight is 373 g/mol. The van der Waals surface area contributed by atoms with Gasteiger partial charge in [0.2, 0.25) is 0 Å². The number of aromatic nitrogens is 1. The number of hydrogen-bond donors (Lipinski definition) is 2. The molecule has 0 aliphatic carbocycles. The SMILES string of the molecule is CNc1cc(C(=O)Nc2cc(F)c(Br)cc2C)c(Cl)cn1. The highest BCUT2D eigenvalue weighted by atomic mass is 79.9. The van der Waals surface area contributed by atoms with Crippen molar-refractivity contribution in [3.8, 4) is 0 Å². The lowest BCUT2D eigenvalue weighted by Crippen LogP contribution is -2.14. The third-order valence-electron chi connectivity index (χ3n) is 2.87. The van der Waals surface area contributed by atoms with E-state index in [9.17, 15) is 9.18 Å². The molecule has 4 nitrogen and oxygen atoms in total. The van der Waals surface area contributed by atoms with E-state index < -0.39 is 11.7 Å². The third kappa shape index (κ3) is 3.51. The fraction of sp³-hybridized carbons (Fsp3) is 0.143. The van der Waals surface area contributed by atoms with Crippen LogP contribution in [0.2, 0.25) is 5.02 Å². The molecule has 1 amide bonds. The summed E-state index contributed by atoms with van der Waals surface area (Å²) in [7, 11) is 1.69. The molecule has 2 rings (SSSR count). The molecular weight excluding hydrogens is 361 g/mol. The van der Waals surface area contributed by atoms with Crippen LogP contribution in [0.3, 0.4) is 0 Å². The molecule has 1 aromatic heterocycles. The zero-order chi connectivity index (χ0) is 15.6. The van der Waals surface area contributed by atoms with Gasteiger partial charge in [-0.25, -0.2) is 9.37 Å². The van der Waals surface area contributed by atoms with E-state index in [1.165, 1.54) is 18.3 Å². The first kappa shape index (κ1) is 15.7. The van der Waals surface area contributed by atoms with Crippen molar-refractivity contribution in [2.75, 3.05) is 17.7 Å². The lowest BCUT2D eigenvalue weighted by molar-refractivity contribution is 0.102. The molecule has 0 radical (unpaired) electrons. The van der Waals surface area contributed by atoms with E-state index >= 15 is 0 Å². The monoisotopic (exact) mass is 371 g/mol. The standard InChI is InChI=1S/C14H12BrClFN3O/c1-7-3-9(15)11(17)5-12(7)20-14(21)8-4-13(18-2)19-6-10(8)16/h3-6H,1-2H3,(H,18,19)(H,20,21). The Morgan fingerprint density at radius 2 is 2.10 bits per heavy atom. The number of rotatable bonds is 3. The highest BCUT2D eigenvalue weighted by Gasteiger charge is 2.14. The number of halogens is 3. The van der Waals surface area contributed by atoms with E-state index in [0.29, 0.717) is 16.0 Å². The lowest BCUT2D eigenvalue weighted by atomic mass is 10.1. The number of pyridine rings is 1. The summed E-state index contributed by atoms with van der Waals surface area (Å²) >= 11 is 9.07. The van der Waals surface area contributed by atoms with Crippen LogP contribution < -0.4 is 10.6 Å². The van der Waals surface area contributed by atoms with E-state index in [1.807, 2.05) is 0 Å². The van der Waals surface area contributed by atoms with Crippen LogP contribution in [-0.2, 0) is 0 Å². The Kier molecular flexibility index (Phi) is 4.80. The topological polar surface area (TPSA) is 54.0 Å². The lowest BCUT2D eigenvalue weighted by Gasteiger charge is -2.11. The van der Waals surface area contributed by atoms with Gasteiger partial charge in [-0.3, -0.25) is 4.79 Å². The van der Waals surface area contributed by atoms with Crippen LogP contribution in [0.25, 0.3) is 0 Å². The smallest absolute Gasteiger partial charge is 0.257 e. The summed E-state index contributed by atoms with van der Waals surface area (Å²) in [5.74, 6) is -0.361. The molecule has 0 fully saturated rings. The van der Waals surface area contributed by atoms with Crippen LogP contribution in [0, 0.1) is 12.7 Å². The minimum atomic E-state index is -0.451. The van der Waals surface area contributed by atoms with Crippen LogP contribution in [-0.4, -0.2) is 17.9 Å². The molecule has 1 aromatic carbocycles. The molecule has 0 saturated heterocycles. The van der Waals surface area contributed by atoms with Gasteiger partial charge in [0.15, 0.2) is 0 Å². The first-order valence-corrected chi connectivity index (χ1v) is 7.19. The van der Waals surface area contributed by atoms with Crippen LogP contribution in [0.4, 0.5) is 15.9 Å². The first-order chi connectivity index (χ1) is 9.92. The number of aryl methyl sites for hydroxylation is 1. The number of anilines is 2. The van der Waals surface area contributed by atoms with Gasteiger partial charge in [-0.15, -0.1) is 0 Å². The quantitative estimate of drug-likeness (QED) is 0.847. The van der Waals surface area contributed by atoms with Gasteiger partial charge < -0.3 is 10.6 Å². The van der Waals surface area contributed by atoms with Gasteiger partial charge in [0.1, 0.15) is 11.6 Å². The van der Waals surface area contributed by atoms with Gasteiger partial charge in [0.25, 0.3) is 5.91 Å². The maximum atomic E-state index is 13.6. The van der Waals surface area contributed by atoms with E-state index in [2.05, 4.69) is 31.5 Å². The zero-order valence-electron chi connectivity index (χ0n) is 11.3. The molecule has 21 heavy (non-hydrogen) atoms. The summed E-state index contributed by atoms with van der Waals surface area (Å²) in [6, 6.07) is 4.38. The van der Waals surface area contributed by atoms with Gasteiger partial charge in [0.05, 0.1) is 15.1 Å². The average Bonchev–Trinajstić information content (AvgIpc) is 2.45. The molecule has 0 atom stereocenters. The Balaban J connectivity index is 2.32. The highest BCUT2D eigenvalue weighted by molar-refractivity contribution is 9.10. The number of nitrogens with one attached hydrogen (secondary N) is 2. The normalized spacial score (nSPS) is 10.3. The Morgan fingerprint density at radius 1 is 1.38 bits per heavy atom. The second-order valence-corrected chi connectivity index (χ2v) is 5.60. The van der Waals surface area contributed by atoms with Crippen molar-refractivity contribution in [3.63, 3.8) is 0 Å². The van der Waals surface area contributed by atoms with Crippen LogP contribution in [0.1, 0.15) is 15.9 Å². The molecule has 0 aliphatic heterocycles. The third-order valence-corrected chi connectivity index (χ3v) is 3.78. The van der Waals surface area contributed by atoms with Crippen molar-refractivity contribution in [1.82, 2.24) is 4.98 Å². The summed E-state index contributed by atoms with van der Waals surface area (Å²) in [6.07, 6.45) is 1.39. The van der Waals surface area contributed by atoms with E-state index in [4.69, 9.17) is 11.6 Å². The Morgan fingerprint density at radius 3 is 2.76 bits per heavy atom. The summed E-state index contributed by atoms with van der Waals surface area (Å²) in [5, 5.41) is 5.70. The minimum Gasteiger partial charge on any atom is -0.373 e. The summed E-state index contributed by atoms with van der Waals surface area (Å²) < 4.78 is 13.9. The molecule has 0 saturated carbocycles. The maximum absolute atomic E-state index is 13.6. The van der Waals surface area contributed by atoms with Gasteiger partial charge in [-0.2, -0.15) is 0 Å². The largest absolute Gasteiger partial charge is 0.373 e. The molecule has 0 aliphatic rings. The molecule has 0 spiro atoms. The van der Waals surface area contributed by atoms with Gasteiger partial charge in [0, 0.05) is 18.9 Å². The van der Waals surface area contributed by atoms with E-state index in [1.54, 1.807) is 20.0 Å². The van der Waals surface area contributed by atoms with Gasteiger partial charge in [-0.1, -0.05) is 11.6 Å². The molecular formula is C14H12BrClFN3O. The van der Waals surface area contributed by atoms with Gasteiger partial charge in [-0.05, 0) is 46.6 Å². The predicted molar refractivity (Wildman–Crippen MR) is 85.6 cm³/mol. The number of carbonyl (C=O) groups excluding carboxylic acids is 1. The predicted octanol–water partition coefficient (Wildman–Crippen LogP) is 4.24. The number of amides is 1. The second-order valence-electron chi connectivity index (χ2n) is 4.33. The van der Waals surface area contributed by atoms with E-state index in [0.717, 1.165) is 5.56 Å². The fourth-order valence-corrected chi connectivity index (χ4v) is 2.37. The summed E-state index contributed by atoms with van der Waals surface area (Å²) in [6.45, 7) is 1.77. The Hall–Kier alpha value is -1.66. The molecule has 7 heteroatoms. The number of benzene rings is 1. The molecule has 2 N–H and O–H groups in total. The molecule has 110 valence electrons. The number of carbonyl (C=O) groups is 1. The molecule has 0 bridgehead atoms. The summed E-state index contributed by atoms with van der Waals surface area (Å²) in [5.41, 5.74) is 1.38. The van der Waals surface area contributed by atoms with Gasteiger partial charge >= 0.3 is 0 Å². The van der Waals surface area contributed by atoms with E-state index in [-0.39, 0.29) is 10.6 Å². The Labute approximate surface area is 134 Å². The second kappa shape index (κ2) is 6.41. The summed E-state index contributed by atoms with van der Waals surface area (Å²) in [4.78, 5) is 16.3.